The zero-order chi connectivity index (χ0) is 12.8. The van der Waals surface area contributed by atoms with Gasteiger partial charge < -0.3 is 5.11 Å². The fourth-order valence-electron chi connectivity index (χ4n) is 1.18. The van der Waals surface area contributed by atoms with E-state index in [4.69, 9.17) is 0 Å². The lowest BCUT2D eigenvalue weighted by molar-refractivity contribution is 0.0102. The Morgan fingerprint density at radius 2 is 2.12 bits per heavy atom. The first-order valence-corrected chi connectivity index (χ1v) is 7.21. The Labute approximate surface area is 98.8 Å². The highest BCUT2D eigenvalue weighted by molar-refractivity contribution is 7.89. The van der Waals surface area contributed by atoms with Gasteiger partial charge >= 0.3 is 0 Å². The number of nitrogens with one attached hydrogen (secondary N) is 1. The molecule has 0 fully saturated rings. The molecule has 2 N–H and O–H groups in total. The Bertz CT molecular complexity index is 309. The third kappa shape index (κ3) is 5.63. The summed E-state index contributed by atoms with van der Waals surface area (Å²) in [7, 11) is -3.30. The SMILES string of the molecule is C=CCCS(=O)(=O)NCC(C)(O)C(C)CC. The van der Waals surface area contributed by atoms with Crippen LogP contribution in [0.25, 0.3) is 0 Å². The molecule has 0 aliphatic heterocycles. The van der Waals surface area contributed by atoms with Crippen LogP contribution in [-0.4, -0.2) is 31.4 Å². The molecule has 16 heavy (non-hydrogen) atoms. The zero-order valence-corrected chi connectivity index (χ0v) is 11.2. The zero-order valence-electron chi connectivity index (χ0n) is 10.4. The predicted octanol–water partition coefficient (Wildman–Crippen LogP) is 1.28. The molecule has 0 aromatic rings. The lowest BCUT2D eigenvalue weighted by atomic mass is 9.89. The van der Waals surface area contributed by atoms with Crippen LogP contribution in [0.3, 0.4) is 0 Å². The monoisotopic (exact) mass is 249 g/mol. The van der Waals surface area contributed by atoms with Crippen LogP contribution in [0.1, 0.15) is 33.6 Å². The smallest absolute Gasteiger partial charge is 0.211 e. The van der Waals surface area contributed by atoms with Crippen molar-refractivity contribution in [2.75, 3.05) is 12.3 Å². The van der Waals surface area contributed by atoms with Crippen LogP contribution >= 0.6 is 0 Å². The summed E-state index contributed by atoms with van der Waals surface area (Å²) < 4.78 is 25.4. The van der Waals surface area contributed by atoms with E-state index in [0.717, 1.165) is 6.42 Å². The summed E-state index contributed by atoms with van der Waals surface area (Å²) in [6.07, 6.45) is 2.79. The van der Waals surface area contributed by atoms with Gasteiger partial charge in [0.15, 0.2) is 0 Å². The van der Waals surface area contributed by atoms with Crippen molar-refractivity contribution in [3.05, 3.63) is 12.7 Å². The van der Waals surface area contributed by atoms with E-state index in [1.54, 1.807) is 13.0 Å². The second-order valence-corrected chi connectivity index (χ2v) is 6.31. The average molecular weight is 249 g/mol. The first-order valence-electron chi connectivity index (χ1n) is 5.55. The Balaban J connectivity index is 4.27. The number of sulfonamides is 1. The number of rotatable bonds is 8. The standard InChI is InChI=1S/C11H23NO3S/c1-5-7-8-16(14,15)12-9-11(4,13)10(3)6-2/h5,10,12-13H,1,6-9H2,2-4H3. The van der Waals surface area contributed by atoms with Crippen molar-refractivity contribution in [3.8, 4) is 0 Å². The molecule has 96 valence electrons. The van der Waals surface area contributed by atoms with Crippen LogP contribution in [0.5, 0.6) is 0 Å². The van der Waals surface area contributed by atoms with E-state index < -0.39 is 15.6 Å². The summed E-state index contributed by atoms with van der Waals surface area (Å²) >= 11 is 0. The van der Waals surface area contributed by atoms with Gasteiger partial charge in [0, 0.05) is 6.54 Å². The van der Waals surface area contributed by atoms with Crippen LogP contribution in [0.15, 0.2) is 12.7 Å². The predicted molar refractivity (Wildman–Crippen MR) is 66.7 cm³/mol. The van der Waals surface area contributed by atoms with Crippen molar-refractivity contribution in [1.29, 1.82) is 0 Å². The van der Waals surface area contributed by atoms with E-state index in [1.165, 1.54) is 0 Å². The Hall–Kier alpha value is -0.390. The molecule has 0 aromatic carbocycles. The molecule has 0 rings (SSSR count). The Morgan fingerprint density at radius 1 is 1.56 bits per heavy atom. The molecule has 4 nitrogen and oxygen atoms in total. The lowest BCUT2D eigenvalue weighted by Gasteiger charge is -2.29. The van der Waals surface area contributed by atoms with Crippen molar-refractivity contribution in [3.63, 3.8) is 0 Å². The largest absolute Gasteiger partial charge is 0.389 e. The van der Waals surface area contributed by atoms with Crippen LogP contribution in [0.2, 0.25) is 0 Å². The fourth-order valence-corrected chi connectivity index (χ4v) is 2.31. The maximum Gasteiger partial charge on any atom is 0.211 e. The van der Waals surface area contributed by atoms with Crippen LogP contribution < -0.4 is 4.72 Å². The number of allylic oxidation sites excluding steroid dienone is 1. The van der Waals surface area contributed by atoms with Gasteiger partial charge in [-0.25, -0.2) is 13.1 Å². The molecular weight excluding hydrogens is 226 g/mol. The molecule has 0 aliphatic carbocycles. The van der Waals surface area contributed by atoms with E-state index in [9.17, 15) is 13.5 Å². The Morgan fingerprint density at radius 3 is 2.56 bits per heavy atom. The summed E-state index contributed by atoms with van der Waals surface area (Å²) in [4.78, 5) is 0. The molecular formula is C11H23NO3S. The van der Waals surface area contributed by atoms with E-state index in [-0.39, 0.29) is 18.2 Å². The molecule has 0 spiro atoms. The third-order valence-corrected chi connectivity index (χ3v) is 4.27. The van der Waals surface area contributed by atoms with Crippen molar-refractivity contribution < 1.29 is 13.5 Å². The molecule has 0 amide bonds. The molecule has 2 unspecified atom stereocenters. The van der Waals surface area contributed by atoms with Gasteiger partial charge in [-0.15, -0.1) is 6.58 Å². The molecule has 0 aliphatic rings. The van der Waals surface area contributed by atoms with Crippen molar-refractivity contribution in [2.45, 2.75) is 39.2 Å². The molecule has 0 bridgehead atoms. The van der Waals surface area contributed by atoms with Gasteiger partial charge in [-0.05, 0) is 19.3 Å². The van der Waals surface area contributed by atoms with Gasteiger partial charge in [-0.3, -0.25) is 0 Å². The van der Waals surface area contributed by atoms with Gasteiger partial charge in [0.25, 0.3) is 0 Å². The number of aliphatic hydroxyl groups is 1. The summed E-state index contributed by atoms with van der Waals surface area (Å²) in [6.45, 7) is 9.04. The normalized spacial score (nSPS) is 17.8. The maximum absolute atomic E-state index is 11.5. The van der Waals surface area contributed by atoms with Gasteiger partial charge in [0.05, 0.1) is 11.4 Å². The summed E-state index contributed by atoms with van der Waals surface area (Å²) in [5.74, 6) is 0.0715. The first kappa shape index (κ1) is 15.6. The van der Waals surface area contributed by atoms with Gasteiger partial charge in [0.2, 0.25) is 10.0 Å². The van der Waals surface area contributed by atoms with E-state index in [2.05, 4.69) is 11.3 Å². The maximum atomic E-state index is 11.5. The van der Waals surface area contributed by atoms with Gasteiger partial charge in [-0.1, -0.05) is 26.3 Å². The van der Waals surface area contributed by atoms with E-state index in [0.29, 0.717) is 6.42 Å². The minimum atomic E-state index is -3.30. The van der Waals surface area contributed by atoms with Crippen molar-refractivity contribution in [1.82, 2.24) is 4.72 Å². The topological polar surface area (TPSA) is 66.4 Å². The van der Waals surface area contributed by atoms with Crippen molar-refractivity contribution >= 4 is 10.0 Å². The fraction of sp³-hybridized carbons (Fsp3) is 0.818. The highest BCUT2D eigenvalue weighted by atomic mass is 32.2. The number of hydrogen-bond acceptors (Lipinski definition) is 3. The lowest BCUT2D eigenvalue weighted by Crippen LogP contribution is -2.45. The molecule has 5 heteroatoms. The van der Waals surface area contributed by atoms with Gasteiger partial charge in [-0.2, -0.15) is 0 Å². The minimum Gasteiger partial charge on any atom is -0.389 e. The first-order chi connectivity index (χ1) is 7.25. The van der Waals surface area contributed by atoms with Crippen LogP contribution in [0.4, 0.5) is 0 Å². The average Bonchev–Trinajstić information content (AvgIpc) is 2.23. The van der Waals surface area contributed by atoms with Crippen LogP contribution in [-0.2, 0) is 10.0 Å². The number of hydrogen-bond donors (Lipinski definition) is 2. The van der Waals surface area contributed by atoms with E-state index in [1.807, 2.05) is 13.8 Å². The van der Waals surface area contributed by atoms with Gasteiger partial charge in [0.1, 0.15) is 0 Å². The molecule has 0 saturated carbocycles. The second-order valence-electron chi connectivity index (χ2n) is 4.38. The Kier molecular flexibility index (Phi) is 6.22. The molecule has 0 radical (unpaired) electrons. The quantitative estimate of drug-likeness (QED) is 0.637. The van der Waals surface area contributed by atoms with E-state index >= 15 is 0 Å². The van der Waals surface area contributed by atoms with Crippen molar-refractivity contribution in [2.24, 2.45) is 5.92 Å². The minimum absolute atomic E-state index is 0.0209. The van der Waals surface area contributed by atoms with Crippen LogP contribution in [0, 0.1) is 5.92 Å². The molecule has 0 aromatic heterocycles. The third-order valence-electron chi connectivity index (χ3n) is 2.91. The summed E-state index contributed by atoms with van der Waals surface area (Å²) in [6, 6.07) is 0. The highest BCUT2D eigenvalue weighted by Crippen LogP contribution is 2.19. The summed E-state index contributed by atoms with van der Waals surface area (Å²) in [5.41, 5.74) is -1.00. The molecule has 0 saturated heterocycles. The molecule has 2 atom stereocenters. The summed E-state index contributed by atoms with van der Waals surface area (Å²) in [5, 5.41) is 10.0. The second kappa shape index (κ2) is 6.37. The molecule has 0 heterocycles. The highest BCUT2D eigenvalue weighted by Gasteiger charge is 2.28.